The van der Waals surface area contributed by atoms with Crippen molar-refractivity contribution in [1.29, 1.82) is 0 Å². The van der Waals surface area contributed by atoms with Gasteiger partial charge in [-0.1, -0.05) is 43.7 Å². The number of hydrogen-bond donors (Lipinski definition) is 1. The van der Waals surface area contributed by atoms with Crippen LogP contribution in [-0.4, -0.2) is 42.5 Å². The van der Waals surface area contributed by atoms with Crippen LogP contribution < -0.4 is 0 Å². The van der Waals surface area contributed by atoms with Crippen molar-refractivity contribution in [2.45, 2.75) is 31.1 Å². The summed E-state index contributed by atoms with van der Waals surface area (Å²) in [6, 6.07) is 10.7. The van der Waals surface area contributed by atoms with Crippen LogP contribution in [0.5, 0.6) is 0 Å². The van der Waals surface area contributed by atoms with Gasteiger partial charge in [0.05, 0.1) is 0 Å². The standard InChI is InChI=1S/C14H16O3S.Na.H/c1-2-3-7-11-10-14(18(15,16)17)13-9-6-4-5-8-12(11)13;;/h4-6,8-10H,2-3,7H2,1H3,(H,15,16,17);;. The molecule has 0 aromatic rings. The zero-order chi connectivity index (χ0) is 13.2. The molecule has 0 aromatic heterocycles. The molecular weight excluding hydrogens is 271 g/mol. The van der Waals surface area contributed by atoms with Crippen LogP contribution in [0, 0.1) is 0 Å². The molecule has 98 valence electrons. The molecule has 2 aliphatic carbocycles. The van der Waals surface area contributed by atoms with Gasteiger partial charge in [0, 0.05) is 5.56 Å². The molecule has 0 radical (unpaired) electrons. The average molecular weight is 288 g/mol. The molecule has 0 fully saturated rings. The van der Waals surface area contributed by atoms with Crippen LogP contribution in [0.25, 0.3) is 11.1 Å². The van der Waals surface area contributed by atoms with Gasteiger partial charge in [0.2, 0.25) is 0 Å². The first-order valence-electron chi connectivity index (χ1n) is 6.02. The number of unbranched alkanes of at least 4 members (excludes halogenated alkanes) is 1. The first-order valence-corrected chi connectivity index (χ1v) is 7.46. The molecule has 0 amide bonds. The summed E-state index contributed by atoms with van der Waals surface area (Å²) in [5.74, 6) is 0. The molecule has 0 saturated carbocycles. The minimum atomic E-state index is -4.16. The Balaban J connectivity index is 0.00000180. The van der Waals surface area contributed by atoms with E-state index in [2.05, 4.69) is 6.92 Å². The zero-order valence-corrected chi connectivity index (χ0v) is 11.1. The zero-order valence-electron chi connectivity index (χ0n) is 10.3. The molecule has 0 heterocycles. The third-order valence-electron chi connectivity index (χ3n) is 3.03. The van der Waals surface area contributed by atoms with Crippen molar-refractivity contribution in [2.24, 2.45) is 0 Å². The van der Waals surface area contributed by atoms with E-state index in [9.17, 15) is 13.0 Å². The molecule has 19 heavy (non-hydrogen) atoms. The third-order valence-corrected chi connectivity index (χ3v) is 3.93. The van der Waals surface area contributed by atoms with E-state index in [0.29, 0.717) is 5.56 Å². The molecule has 2 rings (SSSR count). The Labute approximate surface area is 136 Å². The van der Waals surface area contributed by atoms with Crippen molar-refractivity contribution >= 4 is 39.7 Å². The summed E-state index contributed by atoms with van der Waals surface area (Å²) < 4.78 is 32.1. The molecule has 0 unspecified atom stereocenters. The number of hydrogen-bond acceptors (Lipinski definition) is 2. The summed E-state index contributed by atoms with van der Waals surface area (Å²) in [5.41, 5.74) is 2.48. The van der Waals surface area contributed by atoms with Crippen LogP contribution in [-0.2, 0) is 16.5 Å². The van der Waals surface area contributed by atoms with Gasteiger partial charge in [0.25, 0.3) is 10.1 Å². The quantitative estimate of drug-likeness (QED) is 0.695. The van der Waals surface area contributed by atoms with Crippen LogP contribution in [0.1, 0.15) is 25.3 Å². The molecule has 0 aliphatic heterocycles. The van der Waals surface area contributed by atoms with Crippen LogP contribution in [0.15, 0.2) is 41.3 Å². The Morgan fingerprint density at radius 3 is 2.32 bits per heavy atom. The maximum atomic E-state index is 11.4. The molecule has 0 bridgehead atoms. The van der Waals surface area contributed by atoms with Gasteiger partial charge in [-0.25, -0.2) is 0 Å². The van der Waals surface area contributed by atoms with Crippen molar-refractivity contribution in [1.82, 2.24) is 0 Å². The predicted octanol–water partition coefficient (Wildman–Crippen LogP) is 2.73. The van der Waals surface area contributed by atoms with E-state index in [0.717, 1.165) is 30.4 Å². The van der Waals surface area contributed by atoms with E-state index in [1.165, 1.54) is 0 Å². The van der Waals surface area contributed by atoms with Gasteiger partial charge in [-0.2, -0.15) is 8.42 Å². The van der Waals surface area contributed by atoms with Gasteiger partial charge in [0.1, 0.15) is 4.90 Å². The summed E-state index contributed by atoms with van der Waals surface area (Å²) in [5, 5.41) is 0. The van der Waals surface area contributed by atoms with Crippen LogP contribution in [0.3, 0.4) is 0 Å². The number of fused-ring (bicyclic) bond motifs is 1. The summed E-state index contributed by atoms with van der Waals surface area (Å²) in [6.07, 6.45) is 2.88. The molecule has 0 spiro atoms. The summed E-state index contributed by atoms with van der Waals surface area (Å²) in [7, 11) is -4.16. The SMILES string of the molecule is CCCCc1cc(S(=O)(=O)O)c2cccccc1-2.[NaH]. The molecule has 0 saturated heterocycles. The Bertz CT molecular complexity index is 623. The fourth-order valence-electron chi connectivity index (χ4n) is 2.14. The third kappa shape index (κ3) is 3.80. The van der Waals surface area contributed by atoms with Crippen molar-refractivity contribution in [3.63, 3.8) is 0 Å². The second kappa shape index (κ2) is 6.86. The van der Waals surface area contributed by atoms with E-state index >= 15 is 0 Å². The topological polar surface area (TPSA) is 54.4 Å². The molecule has 1 N–H and O–H groups in total. The minimum absolute atomic E-state index is 0. The first-order chi connectivity index (χ1) is 8.54. The van der Waals surface area contributed by atoms with Crippen molar-refractivity contribution in [3.8, 4) is 11.1 Å². The fraction of sp³-hybridized carbons (Fsp3) is 0.286. The molecule has 2 aliphatic rings. The predicted molar refractivity (Wildman–Crippen MR) is 78.6 cm³/mol. The summed E-state index contributed by atoms with van der Waals surface area (Å²) in [4.78, 5) is 0.0137. The normalized spacial score (nSPS) is 11.3. The number of aryl methyl sites for hydroxylation is 1. The van der Waals surface area contributed by atoms with Crippen LogP contribution in [0.2, 0.25) is 0 Å². The van der Waals surface area contributed by atoms with E-state index in [1.54, 1.807) is 18.2 Å². The molecule has 3 nitrogen and oxygen atoms in total. The van der Waals surface area contributed by atoms with Gasteiger partial charge in [-0.05, 0) is 30.0 Å². The van der Waals surface area contributed by atoms with E-state index in [1.807, 2.05) is 18.2 Å². The maximum absolute atomic E-state index is 11.4. The van der Waals surface area contributed by atoms with Crippen molar-refractivity contribution < 1.29 is 13.0 Å². The van der Waals surface area contributed by atoms with Gasteiger partial charge in [-0.15, -0.1) is 0 Å². The van der Waals surface area contributed by atoms with E-state index in [-0.39, 0.29) is 34.5 Å². The van der Waals surface area contributed by atoms with Gasteiger partial charge >= 0.3 is 29.6 Å². The van der Waals surface area contributed by atoms with Crippen LogP contribution in [0.4, 0.5) is 0 Å². The average Bonchev–Trinajstić information content (AvgIpc) is 2.49. The number of rotatable bonds is 4. The second-order valence-electron chi connectivity index (χ2n) is 4.35. The Hall–Kier alpha value is -0.390. The Morgan fingerprint density at radius 1 is 1.11 bits per heavy atom. The van der Waals surface area contributed by atoms with Crippen LogP contribution >= 0.6 is 0 Å². The molecule has 0 atom stereocenters. The Morgan fingerprint density at radius 2 is 1.74 bits per heavy atom. The van der Waals surface area contributed by atoms with Gasteiger partial charge in [0.15, 0.2) is 0 Å². The molecular formula is C14H17NaO3S. The van der Waals surface area contributed by atoms with Crippen molar-refractivity contribution in [2.75, 3.05) is 0 Å². The fourth-order valence-corrected chi connectivity index (χ4v) is 2.89. The second-order valence-corrected chi connectivity index (χ2v) is 5.74. The Kier molecular flexibility index (Phi) is 6.02. The molecule has 0 aromatic carbocycles. The molecule has 5 heteroatoms. The van der Waals surface area contributed by atoms with E-state index < -0.39 is 10.1 Å². The monoisotopic (exact) mass is 288 g/mol. The summed E-state index contributed by atoms with van der Waals surface area (Å²) >= 11 is 0. The van der Waals surface area contributed by atoms with Gasteiger partial charge < -0.3 is 0 Å². The van der Waals surface area contributed by atoms with E-state index in [4.69, 9.17) is 0 Å². The van der Waals surface area contributed by atoms with Crippen molar-refractivity contribution in [3.05, 3.63) is 42.0 Å². The van der Waals surface area contributed by atoms with Gasteiger partial charge in [-0.3, -0.25) is 4.55 Å². The first kappa shape index (κ1) is 16.7. The summed E-state index contributed by atoms with van der Waals surface area (Å²) in [6.45, 7) is 2.09.